The van der Waals surface area contributed by atoms with Crippen LogP contribution in [-0.2, 0) is 6.54 Å². The normalized spacial score (nSPS) is 21.6. The van der Waals surface area contributed by atoms with Crippen molar-refractivity contribution < 1.29 is 9.90 Å². The summed E-state index contributed by atoms with van der Waals surface area (Å²) in [7, 11) is 0. The van der Waals surface area contributed by atoms with E-state index in [0.717, 1.165) is 29.8 Å². The van der Waals surface area contributed by atoms with Crippen molar-refractivity contribution in [2.75, 3.05) is 11.9 Å². The van der Waals surface area contributed by atoms with E-state index in [0.29, 0.717) is 36.4 Å². The average molecular weight is 433 g/mol. The topological polar surface area (TPSA) is 79.2 Å². The molecule has 0 atom stereocenters. The standard InChI is InChI=1S/C23H33ClN4O2/c1-5-28-21(17-6-8-18(9-7-17)26-15(2)3)19(24)20(27-28)22(29)25-14-23(30)12-10-16(4)11-13-23/h6-9,15-16,26,30H,5,10-14H2,1-4H3,(H,25,29). The van der Waals surface area contributed by atoms with Crippen LogP contribution in [0.5, 0.6) is 0 Å². The predicted octanol–water partition coefficient (Wildman–Crippen LogP) is 4.71. The summed E-state index contributed by atoms with van der Waals surface area (Å²) in [6.07, 6.45) is 3.36. The molecule has 0 unspecified atom stereocenters. The number of halogens is 1. The van der Waals surface area contributed by atoms with Gasteiger partial charge in [0.2, 0.25) is 0 Å². The summed E-state index contributed by atoms with van der Waals surface area (Å²) in [6, 6.07) is 8.30. The molecule has 164 valence electrons. The van der Waals surface area contributed by atoms with E-state index < -0.39 is 5.60 Å². The summed E-state index contributed by atoms with van der Waals surface area (Å²) in [4.78, 5) is 12.8. The van der Waals surface area contributed by atoms with E-state index in [4.69, 9.17) is 11.6 Å². The van der Waals surface area contributed by atoms with Gasteiger partial charge in [0, 0.05) is 30.4 Å². The lowest BCUT2D eigenvalue weighted by atomic mass is 9.79. The highest BCUT2D eigenvalue weighted by Gasteiger charge is 2.33. The third-order valence-electron chi connectivity index (χ3n) is 5.81. The molecule has 1 aliphatic carbocycles. The number of nitrogens with zero attached hydrogens (tertiary/aromatic N) is 2. The number of benzene rings is 1. The van der Waals surface area contributed by atoms with Crippen molar-refractivity contribution in [3.05, 3.63) is 35.0 Å². The fourth-order valence-corrected chi connectivity index (χ4v) is 4.28. The number of amides is 1. The number of hydrogen-bond donors (Lipinski definition) is 3. The Bertz CT molecular complexity index is 868. The van der Waals surface area contributed by atoms with Gasteiger partial charge in [-0.05, 0) is 64.5 Å². The zero-order chi connectivity index (χ0) is 21.9. The highest BCUT2D eigenvalue weighted by atomic mass is 35.5. The Morgan fingerprint density at radius 1 is 1.30 bits per heavy atom. The van der Waals surface area contributed by atoms with Crippen molar-refractivity contribution in [2.24, 2.45) is 5.92 Å². The number of aliphatic hydroxyl groups is 1. The van der Waals surface area contributed by atoms with Crippen LogP contribution < -0.4 is 10.6 Å². The van der Waals surface area contributed by atoms with E-state index >= 15 is 0 Å². The van der Waals surface area contributed by atoms with Gasteiger partial charge in [-0.25, -0.2) is 0 Å². The molecule has 0 bridgehead atoms. The van der Waals surface area contributed by atoms with E-state index in [-0.39, 0.29) is 18.1 Å². The Morgan fingerprint density at radius 2 is 1.93 bits per heavy atom. The Kier molecular flexibility index (Phi) is 7.09. The van der Waals surface area contributed by atoms with Gasteiger partial charge in [0.15, 0.2) is 5.69 Å². The van der Waals surface area contributed by atoms with E-state index in [1.54, 1.807) is 4.68 Å². The van der Waals surface area contributed by atoms with Crippen LogP contribution >= 0.6 is 11.6 Å². The van der Waals surface area contributed by atoms with E-state index in [2.05, 4.69) is 36.5 Å². The lowest BCUT2D eigenvalue weighted by molar-refractivity contribution is -0.00544. The smallest absolute Gasteiger partial charge is 0.273 e. The molecule has 1 aliphatic rings. The molecule has 1 aromatic heterocycles. The largest absolute Gasteiger partial charge is 0.388 e. The fourth-order valence-electron chi connectivity index (χ4n) is 3.95. The van der Waals surface area contributed by atoms with Gasteiger partial charge in [-0.15, -0.1) is 0 Å². The minimum Gasteiger partial charge on any atom is -0.388 e. The van der Waals surface area contributed by atoms with Crippen molar-refractivity contribution >= 4 is 23.2 Å². The van der Waals surface area contributed by atoms with E-state index in [9.17, 15) is 9.90 Å². The third-order valence-corrected chi connectivity index (χ3v) is 6.16. The fraction of sp³-hybridized carbons (Fsp3) is 0.565. The number of carbonyl (C=O) groups excluding carboxylic acids is 1. The summed E-state index contributed by atoms with van der Waals surface area (Å²) >= 11 is 6.61. The second kappa shape index (κ2) is 9.40. The van der Waals surface area contributed by atoms with Gasteiger partial charge in [0.25, 0.3) is 5.91 Å². The number of nitrogens with one attached hydrogen (secondary N) is 2. The van der Waals surface area contributed by atoms with Crippen LogP contribution in [-0.4, -0.2) is 39.0 Å². The van der Waals surface area contributed by atoms with Gasteiger partial charge in [-0.1, -0.05) is 30.7 Å². The van der Waals surface area contributed by atoms with Crippen LogP contribution in [0.2, 0.25) is 5.02 Å². The monoisotopic (exact) mass is 432 g/mol. The molecule has 1 fully saturated rings. The van der Waals surface area contributed by atoms with Crippen molar-refractivity contribution in [3.63, 3.8) is 0 Å². The molecule has 3 N–H and O–H groups in total. The molecule has 1 heterocycles. The molecule has 7 heteroatoms. The molecule has 1 amide bonds. The second-order valence-corrected chi connectivity index (χ2v) is 9.17. The molecule has 0 radical (unpaired) electrons. The van der Waals surface area contributed by atoms with Gasteiger partial charge in [0.05, 0.1) is 16.3 Å². The van der Waals surface area contributed by atoms with Crippen molar-refractivity contribution in [2.45, 2.75) is 71.6 Å². The summed E-state index contributed by atoms with van der Waals surface area (Å²) in [5.41, 5.74) is 2.02. The van der Waals surface area contributed by atoms with Crippen molar-refractivity contribution in [1.29, 1.82) is 0 Å². The first-order chi connectivity index (χ1) is 14.2. The van der Waals surface area contributed by atoms with Crippen molar-refractivity contribution in [3.8, 4) is 11.3 Å². The maximum atomic E-state index is 12.8. The molecule has 6 nitrogen and oxygen atoms in total. The van der Waals surface area contributed by atoms with Gasteiger partial charge < -0.3 is 15.7 Å². The van der Waals surface area contributed by atoms with Crippen molar-refractivity contribution in [1.82, 2.24) is 15.1 Å². The zero-order valence-electron chi connectivity index (χ0n) is 18.3. The molecule has 3 rings (SSSR count). The lowest BCUT2D eigenvalue weighted by Gasteiger charge is -2.34. The van der Waals surface area contributed by atoms with Gasteiger partial charge in [-0.3, -0.25) is 9.48 Å². The number of aryl methyl sites for hydroxylation is 1. The van der Waals surface area contributed by atoms with E-state index in [1.807, 2.05) is 31.2 Å². The Labute approximate surface area is 184 Å². The molecule has 0 spiro atoms. The molecule has 1 saturated carbocycles. The van der Waals surface area contributed by atoms with Crippen LogP contribution in [0.1, 0.15) is 63.9 Å². The van der Waals surface area contributed by atoms with Crippen LogP contribution in [0.4, 0.5) is 5.69 Å². The van der Waals surface area contributed by atoms with Gasteiger partial charge in [-0.2, -0.15) is 5.10 Å². The molecular weight excluding hydrogens is 400 g/mol. The SMILES string of the molecule is CCn1nc(C(=O)NCC2(O)CCC(C)CC2)c(Cl)c1-c1ccc(NC(C)C)cc1. The average Bonchev–Trinajstić information content (AvgIpc) is 3.05. The van der Waals surface area contributed by atoms with Crippen LogP contribution in [0, 0.1) is 5.92 Å². The van der Waals surface area contributed by atoms with Gasteiger partial charge >= 0.3 is 0 Å². The van der Waals surface area contributed by atoms with Crippen LogP contribution in [0.25, 0.3) is 11.3 Å². The minimum atomic E-state index is -0.843. The first-order valence-electron chi connectivity index (χ1n) is 10.9. The summed E-state index contributed by atoms with van der Waals surface area (Å²) in [5, 5.41) is 21.7. The Balaban J connectivity index is 1.77. The molecule has 0 saturated heterocycles. The molecule has 2 aromatic rings. The third kappa shape index (κ3) is 5.16. The maximum Gasteiger partial charge on any atom is 0.273 e. The lowest BCUT2D eigenvalue weighted by Crippen LogP contribution is -2.45. The predicted molar refractivity (Wildman–Crippen MR) is 122 cm³/mol. The highest BCUT2D eigenvalue weighted by molar-refractivity contribution is 6.36. The number of aromatic nitrogens is 2. The number of hydrogen-bond acceptors (Lipinski definition) is 4. The maximum absolute atomic E-state index is 12.8. The van der Waals surface area contributed by atoms with E-state index in [1.165, 1.54) is 0 Å². The number of anilines is 1. The number of carbonyl (C=O) groups is 1. The first kappa shape index (κ1) is 22.6. The molecular formula is C23H33ClN4O2. The summed E-state index contributed by atoms with van der Waals surface area (Å²) in [5.74, 6) is 0.277. The Hall–Kier alpha value is -2.05. The quantitative estimate of drug-likeness (QED) is 0.591. The first-order valence-corrected chi connectivity index (χ1v) is 11.2. The number of rotatable bonds is 7. The van der Waals surface area contributed by atoms with Gasteiger partial charge in [0.1, 0.15) is 0 Å². The summed E-state index contributed by atoms with van der Waals surface area (Å²) in [6.45, 7) is 9.16. The highest BCUT2D eigenvalue weighted by Crippen LogP contribution is 2.33. The zero-order valence-corrected chi connectivity index (χ0v) is 19.1. The molecule has 1 aromatic carbocycles. The summed E-state index contributed by atoms with van der Waals surface area (Å²) < 4.78 is 1.75. The minimum absolute atomic E-state index is 0.200. The van der Waals surface area contributed by atoms with Crippen LogP contribution in [0.15, 0.2) is 24.3 Å². The molecule has 30 heavy (non-hydrogen) atoms. The molecule has 0 aliphatic heterocycles. The second-order valence-electron chi connectivity index (χ2n) is 8.79. The Morgan fingerprint density at radius 3 is 2.50 bits per heavy atom. The van der Waals surface area contributed by atoms with Crippen LogP contribution in [0.3, 0.4) is 0 Å².